The van der Waals surface area contributed by atoms with Crippen molar-refractivity contribution in [1.29, 1.82) is 0 Å². The summed E-state index contributed by atoms with van der Waals surface area (Å²) in [5.74, 6) is -1.89. The predicted octanol–water partition coefficient (Wildman–Crippen LogP) is 4.14. The molecule has 33 heavy (non-hydrogen) atoms. The second-order valence-corrected chi connectivity index (χ2v) is 9.30. The van der Waals surface area contributed by atoms with Crippen LogP contribution in [0.25, 0.3) is 0 Å². The second kappa shape index (κ2) is 9.83. The minimum atomic E-state index is -3.83. The number of hydrogen-bond acceptors (Lipinski definition) is 5. The molecule has 9 heteroatoms. The number of aryl methyl sites for hydroxylation is 1. The number of benzene rings is 3. The van der Waals surface area contributed by atoms with Crippen LogP contribution in [0.1, 0.15) is 22.8 Å². The van der Waals surface area contributed by atoms with Crippen LogP contribution in [-0.4, -0.2) is 33.4 Å². The van der Waals surface area contributed by atoms with Gasteiger partial charge < -0.3 is 10.1 Å². The highest BCUT2D eigenvalue weighted by Crippen LogP contribution is 2.22. The SMILES string of the molecule is Cc1ccc(NC(=O)C(C)OC(=O)c2ccc(S(=O)(=O)N(C)c3ccccc3)cc2)cc1F. The molecule has 1 N–H and O–H groups in total. The Hall–Kier alpha value is -3.72. The standard InChI is InChI=1S/C24H23FN2O5S/c1-16-9-12-19(15-22(16)25)26-23(28)17(2)32-24(29)18-10-13-21(14-11-18)33(30,31)27(3)20-7-5-4-6-8-20/h4-15,17H,1-3H3,(H,26,28). The van der Waals surface area contributed by atoms with Gasteiger partial charge in [-0.1, -0.05) is 24.3 Å². The largest absolute Gasteiger partial charge is 0.449 e. The summed E-state index contributed by atoms with van der Waals surface area (Å²) in [6.07, 6.45) is -1.16. The minimum absolute atomic E-state index is 0.00223. The van der Waals surface area contributed by atoms with Crippen LogP contribution in [0.5, 0.6) is 0 Å². The number of amides is 1. The monoisotopic (exact) mass is 470 g/mol. The van der Waals surface area contributed by atoms with E-state index in [-0.39, 0.29) is 16.1 Å². The van der Waals surface area contributed by atoms with Crippen LogP contribution in [0.4, 0.5) is 15.8 Å². The van der Waals surface area contributed by atoms with Gasteiger partial charge in [-0.25, -0.2) is 17.6 Å². The highest BCUT2D eigenvalue weighted by molar-refractivity contribution is 7.92. The van der Waals surface area contributed by atoms with Crippen molar-refractivity contribution in [3.05, 3.63) is 89.7 Å². The van der Waals surface area contributed by atoms with Gasteiger partial charge in [0.05, 0.1) is 16.1 Å². The first kappa shape index (κ1) is 23.9. The quantitative estimate of drug-likeness (QED) is 0.524. The molecule has 0 radical (unpaired) electrons. The van der Waals surface area contributed by atoms with Gasteiger partial charge in [0.2, 0.25) is 0 Å². The number of hydrogen-bond donors (Lipinski definition) is 1. The van der Waals surface area contributed by atoms with Gasteiger partial charge in [0, 0.05) is 12.7 Å². The number of carbonyl (C=O) groups is 2. The number of anilines is 2. The van der Waals surface area contributed by atoms with Crippen molar-refractivity contribution in [2.24, 2.45) is 0 Å². The van der Waals surface area contributed by atoms with Gasteiger partial charge in [0.15, 0.2) is 6.10 Å². The van der Waals surface area contributed by atoms with Crippen molar-refractivity contribution >= 4 is 33.3 Å². The molecule has 0 aliphatic carbocycles. The minimum Gasteiger partial charge on any atom is -0.449 e. The Balaban J connectivity index is 1.66. The first-order valence-corrected chi connectivity index (χ1v) is 11.5. The van der Waals surface area contributed by atoms with E-state index in [1.807, 2.05) is 0 Å². The topological polar surface area (TPSA) is 92.8 Å². The summed E-state index contributed by atoms with van der Waals surface area (Å²) >= 11 is 0. The van der Waals surface area contributed by atoms with Gasteiger partial charge in [-0.05, 0) is 67.9 Å². The lowest BCUT2D eigenvalue weighted by Gasteiger charge is -2.19. The van der Waals surface area contributed by atoms with E-state index in [0.29, 0.717) is 11.3 Å². The average Bonchev–Trinajstić information content (AvgIpc) is 2.81. The predicted molar refractivity (Wildman–Crippen MR) is 123 cm³/mol. The van der Waals surface area contributed by atoms with Gasteiger partial charge in [-0.2, -0.15) is 0 Å². The third-order valence-electron chi connectivity index (χ3n) is 4.96. The molecular weight excluding hydrogens is 447 g/mol. The van der Waals surface area contributed by atoms with E-state index in [4.69, 9.17) is 4.74 Å². The Bertz CT molecular complexity index is 1260. The van der Waals surface area contributed by atoms with Gasteiger partial charge in [-0.3, -0.25) is 9.10 Å². The Kier molecular flexibility index (Phi) is 7.13. The molecule has 3 aromatic rings. The van der Waals surface area contributed by atoms with E-state index in [2.05, 4.69) is 5.32 Å². The zero-order valence-electron chi connectivity index (χ0n) is 18.3. The lowest BCUT2D eigenvalue weighted by Crippen LogP contribution is -2.30. The van der Waals surface area contributed by atoms with Crippen molar-refractivity contribution in [3.8, 4) is 0 Å². The molecule has 0 aliphatic heterocycles. The van der Waals surface area contributed by atoms with Crippen LogP contribution >= 0.6 is 0 Å². The normalized spacial score (nSPS) is 12.0. The van der Waals surface area contributed by atoms with E-state index in [1.165, 1.54) is 56.4 Å². The lowest BCUT2D eigenvalue weighted by atomic mass is 10.2. The molecule has 0 saturated carbocycles. The zero-order chi connectivity index (χ0) is 24.2. The number of rotatable bonds is 7. The molecule has 1 atom stereocenters. The van der Waals surface area contributed by atoms with E-state index < -0.39 is 33.8 Å². The van der Waals surface area contributed by atoms with E-state index in [0.717, 1.165) is 4.31 Å². The maximum Gasteiger partial charge on any atom is 0.338 e. The number of halogens is 1. The Labute approximate surface area is 191 Å². The van der Waals surface area contributed by atoms with Crippen molar-refractivity contribution in [2.45, 2.75) is 24.8 Å². The molecule has 1 unspecified atom stereocenters. The first-order chi connectivity index (χ1) is 15.6. The number of ether oxygens (including phenoxy) is 1. The molecule has 3 rings (SSSR count). The number of esters is 1. The van der Waals surface area contributed by atoms with Gasteiger partial charge >= 0.3 is 5.97 Å². The Morgan fingerprint density at radius 2 is 1.64 bits per heavy atom. The fourth-order valence-electron chi connectivity index (χ4n) is 2.89. The summed E-state index contributed by atoms with van der Waals surface area (Å²) in [5, 5.41) is 2.48. The molecule has 3 aromatic carbocycles. The van der Waals surface area contributed by atoms with Gasteiger partial charge in [0.25, 0.3) is 15.9 Å². The molecule has 0 aliphatic rings. The summed E-state index contributed by atoms with van der Waals surface area (Å²) < 4.78 is 45.6. The molecule has 0 aromatic heterocycles. The fourth-order valence-corrected chi connectivity index (χ4v) is 4.09. The molecular formula is C24H23FN2O5S. The van der Waals surface area contributed by atoms with Crippen molar-refractivity contribution < 1.29 is 27.1 Å². The van der Waals surface area contributed by atoms with Crippen molar-refractivity contribution in [2.75, 3.05) is 16.7 Å². The highest BCUT2D eigenvalue weighted by Gasteiger charge is 2.23. The number of para-hydroxylation sites is 1. The van der Waals surface area contributed by atoms with Crippen LogP contribution in [0.2, 0.25) is 0 Å². The van der Waals surface area contributed by atoms with Gasteiger partial charge in [-0.15, -0.1) is 0 Å². The number of sulfonamides is 1. The molecule has 0 saturated heterocycles. The molecule has 0 bridgehead atoms. The van der Waals surface area contributed by atoms with E-state index in [1.54, 1.807) is 37.3 Å². The third-order valence-corrected chi connectivity index (χ3v) is 6.76. The summed E-state index contributed by atoms with van der Waals surface area (Å²) in [6.45, 7) is 2.98. The fraction of sp³-hybridized carbons (Fsp3) is 0.167. The lowest BCUT2D eigenvalue weighted by molar-refractivity contribution is -0.123. The maximum absolute atomic E-state index is 13.6. The van der Waals surface area contributed by atoms with Crippen LogP contribution in [-0.2, 0) is 19.6 Å². The first-order valence-electron chi connectivity index (χ1n) is 10.0. The molecule has 0 spiro atoms. The highest BCUT2D eigenvalue weighted by atomic mass is 32.2. The zero-order valence-corrected chi connectivity index (χ0v) is 19.1. The molecule has 1 amide bonds. The van der Waals surface area contributed by atoms with Crippen molar-refractivity contribution in [3.63, 3.8) is 0 Å². The summed E-state index contributed by atoms with van der Waals surface area (Å²) in [5.41, 5.74) is 1.25. The smallest absolute Gasteiger partial charge is 0.338 e. The van der Waals surface area contributed by atoms with Crippen LogP contribution in [0.15, 0.2) is 77.7 Å². The van der Waals surface area contributed by atoms with Crippen LogP contribution in [0, 0.1) is 12.7 Å². The second-order valence-electron chi connectivity index (χ2n) is 7.33. The van der Waals surface area contributed by atoms with Gasteiger partial charge in [0.1, 0.15) is 5.82 Å². The number of nitrogens with one attached hydrogen (secondary N) is 1. The van der Waals surface area contributed by atoms with Crippen LogP contribution in [0.3, 0.4) is 0 Å². The molecule has 7 nitrogen and oxygen atoms in total. The Morgan fingerprint density at radius 1 is 1.00 bits per heavy atom. The van der Waals surface area contributed by atoms with E-state index in [9.17, 15) is 22.4 Å². The van der Waals surface area contributed by atoms with Crippen LogP contribution < -0.4 is 9.62 Å². The third kappa shape index (κ3) is 5.56. The average molecular weight is 471 g/mol. The molecule has 0 fully saturated rings. The molecule has 172 valence electrons. The Morgan fingerprint density at radius 3 is 2.24 bits per heavy atom. The summed E-state index contributed by atoms with van der Waals surface area (Å²) in [7, 11) is -2.39. The summed E-state index contributed by atoms with van der Waals surface area (Å²) in [4.78, 5) is 24.7. The van der Waals surface area contributed by atoms with E-state index >= 15 is 0 Å². The maximum atomic E-state index is 13.6. The molecule has 0 heterocycles. The number of carbonyl (C=O) groups excluding carboxylic acids is 2. The number of nitrogens with zero attached hydrogens (tertiary/aromatic N) is 1. The summed E-state index contributed by atoms with van der Waals surface area (Å²) in [6, 6.07) is 18.0. The van der Waals surface area contributed by atoms with Crippen molar-refractivity contribution in [1.82, 2.24) is 0 Å².